The van der Waals surface area contributed by atoms with Gasteiger partial charge in [-0.3, -0.25) is 4.79 Å². The molecule has 1 aliphatic rings. The number of likely N-dealkylation sites (tertiary alicyclic amines) is 1. The minimum absolute atomic E-state index is 0.283. The van der Waals surface area contributed by atoms with Crippen LogP contribution >= 0.6 is 0 Å². The smallest absolute Gasteiger partial charge is 0.328 e. The molecule has 9 heteroatoms. The van der Waals surface area contributed by atoms with Crippen LogP contribution in [0, 0.1) is 0 Å². The molecule has 1 rings (SSSR count). The van der Waals surface area contributed by atoms with E-state index >= 15 is 0 Å². The third-order valence-corrected chi connectivity index (χ3v) is 3.21. The minimum Gasteiger partial charge on any atom is -0.481 e. The maximum absolute atomic E-state index is 12.1. The molecular formula is C12H18N2O7. The van der Waals surface area contributed by atoms with Crippen LogP contribution in [0.1, 0.15) is 25.7 Å². The lowest BCUT2D eigenvalue weighted by Crippen LogP contribution is -2.55. The molecule has 2 atom stereocenters. The first kappa shape index (κ1) is 16.7. The van der Waals surface area contributed by atoms with Gasteiger partial charge in [-0.2, -0.15) is 0 Å². The molecule has 9 nitrogen and oxygen atoms in total. The number of carboxylic acids is 2. The normalized spacial score (nSPS) is 19.5. The van der Waals surface area contributed by atoms with E-state index in [2.05, 4.69) is 10.1 Å². The van der Waals surface area contributed by atoms with E-state index in [1.807, 2.05) is 0 Å². The van der Waals surface area contributed by atoms with E-state index in [9.17, 15) is 19.2 Å². The van der Waals surface area contributed by atoms with Gasteiger partial charge in [-0.25, -0.2) is 14.4 Å². The monoisotopic (exact) mass is 302 g/mol. The van der Waals surface area contributed by atoms with Gasteiger partial charge in [0, 0.05) is 6.54 Å². The van der Waals surface area contributed by atoms with Gasteiger partial charge in [0.25, 0.3) is 0 Å². The number of methoxy groups -OCH3 is 1. The topological polar surface area (TPSA) is 133 Å². The molecule has 118 valence electrons. The maximum Gasteiger partial charge on any atom is 0.328 e. The first-order chi connectivity index (χ1) is 9.86. The van der Waals surface area contributed by atoms with Crippen molar-refractivity contribution in [3.63, 3.8) is 0 Å². The van der Waals surface area contributed by atoms with Crippen molar-refractivity contribution in [2.45, 2.75) is 37.8 Å². The van der Waals surface area contributed by atoms with Gasteiger partial charge < -0.3 is 25.2 Å². The van der Waals surface area contributed by atoms with Crippen LogP contribution in [0.15, 0.2) is 0 Å². The predicted octanol–water partition coefficient (Wildman–Crippen LogP) is -0.349. The molecule has 0 aromatic heterocycles. The van der Waals surface area contributed by atoms with Crippen LogP contribution in [0.4, 0.5) is 4.79 Å². The number of amides is 2. The zero-order chi connectivity index (χ0) is 16.0. The molecule has 1 fully saturated rings. The van der Waals surface area contributed by atoms with Crippen LogP contribution in [-0.4, -0.2) is 64.8 Å². The summed E-state index contributed by atoms with van der Waals surface area (Å²) in [5, 5.41) is 19.7. The van der Waals surface area contributed by atoms with Crippen molar-refractivity contribution in [1.29, 1.82) is 0 Å². The van der Waals surface area contributed by atoms with Gasteiger partial charge in [0.15, 0.2) is 0 Å². The summed E-state index contributed by atoms with van der Waals surface area (Å²) in [4.78, 5) is 46.4. The summed E-state index contributed by atoms with van der Waals surface area (Å²) in [7, 11) is 1.21. The highest BCUT2D eigenvalue weighted by Gasteiger charge is 2.35. The van der Waals surface area contributed by atoms with Crippen molar-refractivity contribution in [2.24, 2.45) is 0 Å². The van der Waals surface area contributed by atoms with Gasteiger partial charge in [0.05, 0.1) is 13.5 Å². The number of nitrogens with zero attached hydrogens (tertiary/aromatic N) is 1. The lowest BCUT2D eigenvalue weighted by atomic mass is 10.0. The second-order valence-electron chi connectivity index (χ2n) is 4.67. The second kappa shape index (κ2) is 7.46. The molecule has 1 unspecified atom stereocenters. The predicted molar refractivity (Wildman–Crippen MR) is 68.6 cm³/mol. The first-order valence-electron chi connectivity index (χ1n) is 6.46. The molecule has 1 aliphatic heterocycles. The number of urea groups is 1. The number of nitrogens with one attached hydrogen (secondary N) is 1. The number of hydrogen-bond donors (Lipinski definition) is 3. The van der Waals surface area contributed by atoms with Crippen molar-refractivity contribution in [3.8, 4) is 0 Å². The zero-order valence-electron chi connectivity index (χ0n) is 11.6. The third-order valence-electron chi connectivity index (χ3n) is 3.21. The molecule has 0 bridgehead atoms. The molecule has 1 saturated heterocycles. The number of aliphatic carboxylic acids is 2. The van der Waals surface area contributed by atoms with Gasteiger partial charge in [-0.05, 0) is 19.3 Å². The summed E-state index contributed by atoms with van der Waals surface area (Å²) in [5.41, 5.74) is 0. The second-order valence-corrected chi connectivity index (χ2v) is 4.67. The average molecular weight is 302 g/mol. The average Bonchev–Trinajstić information content (AvgIpc) is 2.45. The summed E-state index contributed by atoms with van der Waals surface area (Å²) >= 11 is 0. The standard InChI is InChI=1S/C12H18N2O7/c1-21-11(19)8-4-2-3-5-14(8)12(20)13-7(10(17)18)6-9(15)16/h7-8H,2-6H2,1H3,(H,13,20)(H,15,16)(H,17,18)/t7-,8?/m0/s1. The first-order valence-corrected chi connectivity index (χ1v) is 6.46. The molecule has 3 N–H and O–H groups in total. The van der Waals surface area contributed by atoms with Crippen LogP contribution < -0.4 is 5.32 Å². The Kier molecular flexibility index (Phi) is 5.94. The highest BCUT2D eigenvalue weighted by molar-refractivity contribution is 5.88. The zero-order valence-corrected chi connectivity index (χ0v) is 11.6. The van der Waals surface area contributed by atoms with E-state index in [4.69, 9.17) is 10.2 Å². The Morgan fingerprint density at radius 3 is 2.48 bits per heavy atom. The molecule has 0 aliphatic carbocycles. The fourth-order valence-electron chi connectivity index (χ4n) is 2.16. The quantitative estimate of drug-likeness (QED) is 0.591. The van der Waals surface area contributed by atoms with Crippen molar-refractivity contribution in [2.75, 3.05) is 13.7 Å². The van der Waals surface area contributed by atoms with Gasteiger partial charge in [0.2, 0.25) is 0 Å². The molecule has 0 aromatic rings. The molecule has 21 heavy (non-hydrogen) atoms. The number of rotatable bonds is 5. The van der Waals surface area contributed by atoms with E-state index in [0.717, 1.165) is 6.42 Å². The third kappa shape index (κ3) is 4.62. The SMILES string of the molecule is COC(=O)C1CCCCN1C(=O)N[C@@H](CC(=O)O)C(=O)O. The van der Waals surface area contributed by atoms with E-state index < -0.39 is 42.4 Å². The number of esters is 1. The highest BCUT2D eigenvalue weighted by atomic mass is 16.5. The van der Waals surface area contributed by atoms with Gasteiger partial charge in [-0.15, -0.1) is 0 Å². The highest BCUT2D eigenvalue weighted by Crippen LogP contribution is 2.18. The summed E-state index contributed by atoms with van der Waals surface area (Å²) in [6, 6.07) is -3.10. The Labute approximate surface area is 120 Å². The largest absolute Gasteiger partial charge is 0.481 e. The van der Waals surface area contributed by atoms with Crippen LogP contribution in [0.25, 0.3) is 0 Å². The van der Waals surface area contributed by atoms with Crippen LogP contribution in [-0.2, 0) is 19.1 Å². The van der Waals surface area contributed by atoms with Crippen LogP contribution in [0.5, 0.6) is 0 Å². The lowest BCUT2D eigenvalue weighted by Gasteiger charge is -2.34. The molecule has 2 amide bonds. The summed E-state index contributed by atoms with van der Waals surface area (Å²) in [6.45, 7) is 0.283. The van der Waals surface area contributed by atoms with Crippen molar-refractivity contribution in [1.82, 2.24) is 10.2 Å². The van der Waals surface area contributed by atoms with Crippen molar-refractivity contribution < 1.29 is 34.1 Å². The molecule has 0 spiro atoms. The van der Waals surface area contributed by atoms with E-state index in [-0.39, 0.29) is 6.54 Å². The number of carbonyl (C=O) groups excluding carboxylic acids is 2. The van der Waals surface area contributed by atoms with Gasteiger partial charge in [0.1, 0.15) is 12.1 Å². The number of ether oxygens (including phenoxy) is 1. The number of piperidine rings is 1. The summed E-state index contributed by atoms with van der Waals surface area (Å²) in [5.74, 6) is -3.36. The Morgan fingerprint density at radius 2 is 1.95 bits per heavy atom. The van der Waals surface area contributed by atoms with Crippen LogP contribution in [0.3, 0.4) is 0 Å². The Bertz CT molecular complexity index is 437. The van der Waals surface area contributed by atoms with E-state index in [1.54, 1.807) is 0 Å². The van der Waals surface area contributed by atoms with Gasteiger partial charge in [-0.1, -0.05) is 0 Å². The van der Waals surface area contributed by atoms with Crippen molar-refractivity contribution in [3.05, 3.63) is 0 Å². The number of hydrogen-bond acceptors (Lipinski definition) is 5. The van der Waals surface area contributed by atoms with E-state index in [1.165, 1.54) is 12.0 Å². The fourth-order valence-corrected chi connectivity index (χ4v) is 2.16. The summed E-state index contributed by atoms with van der Waals surface area (Å²) in [6.07, 6.45) is 1.12. The Morgan fingerprint density at radius 1 is 1.29 bits per heavy atom. The molecule has 0 aromatic carbocycles. The van der Waals surface area contributed by atoms with E-state index in [0.29, 0.717) is 12.8 Å². The van der Waals surface area contributed by atoms with Crippen LogP contribution in [0.2, 0.25) is 0 Å². The Hall–Kier alpha value is -2.32. The molecule has 0 saturated carbocycles. The minimum atomic E-state index is -1.55. The van der Waals surface area contributed by atoms with Gasteiger partial charge >= 0.3 is 23.9 Å². The maximum atomic E-state index is 12.1. The van der Waals surface area contributed by atoms with Crippen molar-refractivity contribution >= 4 is 23.9 Å². The summed E-state index contributed by atoms with van der Waals surface area (Å²) < 4.78 is 4.62. The molecular weight excluding hydrogens is 284 g/mol. The lowest BCUT2D eigenvalue weighted by molar-refractivity contribution is -0.147. The number of carboxylic acid groups (broad SMARTS) is 2. The molecule has 1 heterocycles. The fraction of sp³-hybridized carbons (Fsp3) is 0.667. The Balaban J connectivity index is 2.76. The number of carbonyl (C=O) groups is 4. The molecule has 0 radical (unpaired) electrons.